The Morgan fingerprint density at radius 2 is 2.06 bits per heavy atom. The van der Waals surface area contributed by atoms with Gasteiger partial charge in [0.2, 0.25) is 0 Å². The summed E-state index contributed by atoms with van der Waals surface area (Å²) in [5.74, 6) is 0. The smallest absolute Gasteiger partial charge is 0.0320 e. The summed E-state index contributed by atoms with van der Waals surface area (Å²) in [6, 6.07) is 7.17. The van der Waals surface area contributed by atoms with Crippen LogP contribution in [-0.4, -0.2) is 6.54 Å². The monoisotopic (exact) mass is 283 g/mol. The lowest BCUT2D eigenvalue weighted by Crippen LogP contribution is -2.20. The predicted octanol–water partition coefficient (Wildman–Crippen LogP) is 4.60. The number of unbranched alkanes of at least 4 members (excludes halogenated alkanes) is 1. The van der Waals surface area contributed by atoms with Gasteiger partial charge in [-0.3, -0.25) is 0 Å². The van der Waals surface area contributed by atoms with Crippen LogP contribution < -0.4 is 5.32 Å². The lowest BCUT2D eigenvalue weighted by molar-refractivity contribution is 0.494. The van der Waals surface area contributed by atoms with Crippen LogP contribution in [0.15, 0.2) is 22.7 Å². The normalized spacial score (nSPS) is 12.8. The van der Waals surface area contributed by atoms with Gasteiger partial charge in [-0.05, 0) is 37.1 Å². The zero-order chi connectivity index (χ0) is 12.0. The van der Waals surface area contributed by atoms with Gasteiger partial charge in [-0.1, -0.05) is 54.8 Å². The van der Waals surface area contributed by atoms with Crippen LogP contribution >= 0.6 is 15.9 Å². The summed E-state index contributed by atoms with van der Waals surface area (Å²) in [4.78, 5) is 0. The first-order chi connectivity index (χ1) is 7.69. The third-order valence-corrected chi connectivity index (χ3v) is 3.77. The van der Waals surface area contributed by atoms with E-state index in [0.717, 1.165) is 6.54 Å². The minimum absolute atomic E-state index is 0.511. The number of hydrogen-bond acceptors (Lipinski definition) is 1. The molecule has 1 rings (SSSR count). The number of hydrogen-bond donors (Lipinski definition) is 1. The molecular weight excluding hydrogens is 262 g/mol. The molecule has 0 amide bonds. The quantitative estimate of drug-likeness (QED) is 0.805. The van der Waals surface area contributed by atoms with Gasteiger partial charge in [0.15, 0.2) is 0 Å². The van der Waals surface area contributed by atoms with E-state index in [1.807, 2.05) is 0 Å². The number of aryl methyl sites for hydroxylation is 1. The molecule has 1 nitrogen and oxygen atoms in total. The molecule has 16 heavy (non-hydrogen) atoms. The SMILES string of the molecule is CCCCC(NCC)c1ccc(Br)c(C)c1. The molecule has 0 heterocycles. The second-order valence-corrected chi connectivity index (χ2v) is 5.12. The van der Waals surface area contributed by atoms with Gasteiger partial charge < -0.3 is 5.32 Å². The van der Waals surface area contributed by atoms with Crippen LogP contribution in [-0.2, 0) is 0 Å². The van der Waals surface area contributed by atoms with E-state index in [0.29, 0.717) is 6.04 Å². The minimum Gasteiger partial charge on any atom is -0.310 e. The molecule has 0 saturated carbocycles. The van der Waals surface area contributed by atoms with Gasteiger partial charge in [0.1, 0.15) is 0 Å². The Balaban J connectivity index is 2.78. The molecule has 0 radical (unpaired) electrons. The van der Waals surface area contributed by atoms with Crippen LogP contribution in [0.2, 0.25) is 0 Å². The van der Waals surface area contributed by atoms with E-state index in [4.69, 9.17) is 0 Å². The third-order valence-electron chi connectivity index (χ3n) is 2.88. The second-order valence-electron chi connectivity index (χ2n) is 4.26. The summed E-state index contributed by atoms with van der Waals surface area (Å²) >= 11 is 3.55. The average Bonchev–Trinajstić information content (AvgIpc) is 2.28. The Morgan fingerprint density at radius 3 is 2.62 bits per heavy atom. The van der Waals surface area contributed by atoms with E-state index in [1.54, 1.807) is 0 Å². The summed E-state index contributed by atoms with van der Waals surface area (Å²) in [5, 5.41) is 3.57. The highest BCUT2D eigenvalue weighted by atomic mass is 79.9. The maximum atomic E-state index is 3.57. The van der Waals surface area contributed by atoms with Crippen molar-refractivity contribution in [2.24, 2.45) is 0 Å². The molecule has 0 aromatic heterocycles. The Morgan fingerprint density at radius 1 is 1.31 bits per heavy atom. The summed E-state index contributed by atoms with van der Waals surface area (Å²) in [5.41, 5.74) is 2.73. The molecule has 2 heteroatoms. The lowest BCUT2D eigenvalue weighted by Gasteiger charge is -2.19. The van der Waals surface area contributed by atoms with Gasteiger partial charge in [0, 0.05) is 10.5 Å². The van der Waals surface area contributed by atoms with Crippen molar-refractivity contribution in [3.63, 3.8) is 0 Å². The molecule has 1 aromatic carbocycles. The van der Waals surface area contributed by atoms with Gasteiger partial charge in [-0.15, -0.1) is 0 Å². The van der Waals surface area contributed by atoms with Crippen molar-refractivity contribution in [3.05, 3.63) is 33.8 Å². The van der Waals surface area contributed by atoms with Gasteiger partial charge in [-0.2, -0.15) is 0 Å². The largest absolute Gasteiger partial charge is 0.310 e. The maximum Gasteiger partial charge on any atom is 0.0320 e. The Hall–Kier alpha value is -0.340. The number of benzene rings is 1. The highest BCUT2D eigenvalue weighted by molar-refractivity contribution is 9.10. The van der Waals surface area contributed by atoms with Crippen LogP contribution in [0.1, 0.15) is 50.3 Å². The van der Waals surface area contributed by atoms with Gasteiger partial charge in [-0.25, -0.2) is 0 Å². The molecule has 1 N–H and O–H groups in total. The molecule has 0 saturated heterocycles. The van der Waals surface area contributed by atoms with Crippen molar-refractivity contribution < 1.29 is 0 Å². The van der Waals surface area contributed by atoms with Crippen molar-refractivity contribution in [1.82, 2.24) is 5.32 Å². The summed E-state index contributed by atoms with van der Waals surface area (Å²) in [6.07, 6.45) is 3.77. The molecule has 0 fully saturated rings. The molecule has 0 aliphatic rings. The van der Waals surface area contributed by atoms with Crippen molar-refractivity contribution in [2.75, 3.05) is 6.54 Å². The average molecular weight is 284 g/mol. The summed E-state index contributed by atoms with van der Waals surface area (Å²) < 4.78 is 1.20. The van der Waals surface area contributed by atoms with Crippen LogP contribution in [0.5, 0.6) is 0 Å². The highest BCUT2D eigenvalue weighted by Crippen LogP contribution is 2.24. The first-order valence-electron chi connectivity index (χ1n) is 6.18. The van der Waals surface area contributed by atoms with Crippen molar-refractivity contribution in [3.8, 4) is 0 Å². The molecular formula is C14H22BrN. The third kappa shape index (κ3) is 3.91. The van der Waals surface area contributed by atoms with Crippen LogP contribution in [0.25, 0.3) is 0 Å². The summed E-state index contributed by atoms with van der Waals surface area (Å²) in [6.45, 7) is 7.60. The number of nitrogens with one attached hydrogen (secondary N) is 1. The van der Waals surface area contributed by atoms with Gasteiger partial charge in [0.25, 0.3) is 0 Å². The van der Waals surface area contributed by atoms with Crippen molar-refractivity contribution in [2.45, 2.75) is 46.1 Å². The number of rotatable bonds is 6. The topological polar surface area (TPSA) is 12.0 Å². The summed E-state index contributed by atoms with van der Waals surface area (Å²) in [7, 11) is 0. The lowest BCUT2D eigenvalue weighted by atomic mass is 9.99. The van der Waals surface area contributed by atoms with E-state index >= 15 is 0 Å². The zero-order valence-corrected chi connectivity index (χ0v) is 12.1. The minimum atomic E-state index is 0.511. The Bertz CT molecular complexity index is 323. The van der Waals surface area contributed by atoms with E-state index in [2.05, 4.69) is 60.2 Å². The van der Waals surface area contributed by atoms with Crippen molar-refractivity contribution >= 4 is 15.9 Å². The van der Waals surface area contributed by atoms with Crippen molar-refractivity contribution in [1.29, 1.82) is 0 Å². The Labute approximate surface area is 108 Å². The van der Waals surface area contributed by atoms with Crippen LogP contribution in [0.4, 0.5) is 0 Å². The maximum absolute atomic E-state index is 3.57. The zero-order valence-electron chi connectivity index (χ0n) is 10.5. The first-order valence-corrected chi connectivity index (χ1v) is 6.97. The molecule has 0 bridgehead atoms. The standard InChI is InChI=1S/C14H22BrN/c1-4-6-7-14(16-5-2)12-8-9-13(15)11(3)10-12/h8-10,14,16H,4-7H2,1-3H3. The molecule has 1 aromatic rings. The van der Waals surface area contributed by atoms with Crippen LogP contribution in [0.3, 0.4) is 0 Å². The van der Waals surface area contributed by atoms with E-state index < -0.39 is 0 Å². The molecule has 1 unspecified atom stereocenters. The molecule has 0 spiro atoms. The molecule has 0 aliphatic heterocycles. The molecule has 0 aliphatic carbocycles. The molecule has 1 atom stereocenters. The predicted molar refractivity (Wildman–Crippen MR) is 74.8 cm³/mol. The van der Waals surface area contributed by atoms with Gasteiger partial charge >= 0.3 is 0 Å². The fraction of sp³-hybridized carbons (Fsp3) is 0.571. The van der Waals surface area contributed by atoms with E-state index in [9.17, 15) is 0 Å². The fourth-order valence-electron chi connectivity index (χ4n) is 1.93. The second kappa shape index (κ2) is 7.08. The van der Waals surface area contributed by atoms with E-state index in [-0.39, 0.29) is 0 Å². The van der Waals surface area contributed by atoms with Gasteiger partial charge in [0.05, 0.1) is 0 Å². The highest BCUT2D eigenvalue weighted by Gasteiger charge is 2.10. The molecule has 90 valence electrons. The van der Waals surface area contributed by atoms with E-state index in [1.165, 1.54) is 34.9 Å². The Kier molecular flexibility index (Phi) is 6.07. The van der Waals surface area contributed by atoms with Crippen LogP contribution in [0, 0.1) is 6.92 Å². The fourth-order valence-corrected chi connectivity index (χ4v) is 2.17. The number of halogens is 1. The first kappa shape index (κ1) is 13.7.